The van der Waals surface area contributed by atoms with Gasteiger partial charge in [-0.1, -0.05) is 50.3 Å². The van der Waals surface area contributed by atoms with E-state index in [0.717, 1.165) is 5.75 Å². The van der Waals surface area contributed by atoms with Crippen LogP contribution in [-0.2, 0) is 12.0 Å². The van der Waals surface area contributed by atoms with Gasteiger partial charge in [-0.15, -0.1) is 5.10 Å². The number of nitrogens with zero attached hydrogens (tertiary/aromatic N) is 3. The van der Waals surface area contributed by atoms with E-state index in [1.807, 2.05) is 24.3 Å². The first-order chi connectivity index (χ1) is 11.4. The number of aromatic nitrogens is 3. The Morgan fingerprint density at radius 2 is 1.75 bits per heavy atom. The van der Waals surface area contributed by atoms with Crippen molar-refractivity contribution in [2.24, 2.45) is 0 Å². The van der Waals surface area contributed by atoms with Crippen molar-refractivity contribution in [1.29, 1.82) is 0 Å². The molecule has 2 aromatic carbocycles. The second-order valence-corrected chi connectivity index (χ2v) is 6.76. The molecule has 0 aliphatic carbocycles. The fourth-order valence-electron chi connectivity index (χ4n) is 2.47. The van der Waals surface area contributed by atoms with Gasteiger partial charge in [0, 0.05) is 0 Å². The van der Waals surface area contributed by atoms with Crippen LogP contribution in [0.5, 0.6) is 5.75 Å². The second-order valence-electron chi connectivity index (χ2n) is 6.76. The van der Waals surface area contributed by atoms with E-state index in [-0.39, 0.29) is 11.0 Å². The third kappa shape index (κ3) is 3.45. The normalized spacial score (nSPS) is 11.6. The molecule has 0 unspecified atom stereocenters. The van der Waals surface area contributed by atoms with E-state index in [1.54, 1.807) is 12.1 Å². The van der Waals surface area contributed by atoms with Gasteiger partial charge in [-0.3, -0.25) is 4.79 Å². The van der Waals surface area contributed by atoms with Gasteiger partial charge >= 0.3 is 0 Å². The molecule has 3 aromatic rings. The van der Waals surface area contributed by atoms with E-state index in [4.69, 9.17) is 4.74 Å². The lowest BCUT2D eigenvalue weighted by Crippen LogP contribution is -2.26. The predicted octanol–water partition coefficient (Wildman–Crippen LogP) is 3.17. The molecule has 0 spiro atoms. The first-order valence-corrected chi connectivity index (χ1v) is 8.01. The summed E-state index contributed by atoms with van der Waals surface area (Å²) < 4.78 is 7.06. The Bertz CT molecular complexity index is 893. The molecule has 1 heterocycles. The molecule has 5 nitrogen and oxygen atoms in total. The molecule has 5 heteroatoms. The maximum Gasteiger partial charge on any atom is 0.277 e. The fraction of sp³-hybridized carbons (Fsp3) is 0.316. The Balaban J connectivity index is 1.66. The summed E-state index contributed by atoms with van der Waals surface area (Å²) in [5.74, 6) is 0.782. The number of rotatable bonds is 4. The van der Waals surface area contributed by atoms with Gasteiger partial charge in [0.15, 0.2) is 0 Å². The Hall–Kier alpha value is -2.69. The monoisotopic (exact) mass is 323 g/mol. The van der Waals surface area contributed by atoms with Gasteiger partial charge in [0.25, 0.3) is 5.56 Å². The maximum atomic E-state index is 12.3. The summed E-state index contributed by atoms with van der Waals surface area (Å²) in [6.45, 7) is 7.24. The van der Waals surface area contributed by atoms with Crippen LogP contribution in [0.2, 0.25) is 0 Å². The molecular formula is C19H21N3O2. The zero-order chi connectivity index (χ0) is 17.2. The Labute approximate surface area is 140 Å². The fourth-order valence-corrected chi connectivity index (χ4v) is 2.47. The summed E-state index contributed by atoms with van der Waals surface area (Å²) in [6, 6.07) is 15.2. The summed E-state index contributed by atoms with van der Waals surface area (Å²) in [5.41, 5.74) is 1.84. The molecule has 124 valence electrons. The van der Waals surface area contributed by atoms with Gasteiger partial charge in [-0.25, -0.2) is 4.68 Å². The first kappa shape index (κ1) is 16.2. The smallest absolute Gasteiger partial charge is 0.277 e. The molecule has 0 saturated carbocycles. The molecule has 0 atom stereocenters. The highest BCUT2D eigenvalue weighted by atomic mass is 16.5. The number of benzene rings is 2. The van der Waals surface area contributed by atoms with Crippen LogP contribution < -0.4 is 10.3 Å². The Morgan fingerprint density at radius 3 is 2.46 bits per heavy atom. The van der Waals surface area contributed by atoms with Crippen LogP contribution in [0.4, 0.5) is 0 Å². The Morgan fingerprint density at radius 1 is 1.04 bits per heavy atom. The van der Waals surface area contributed by atoms with E-state index in [1.165, 1.54) is 10.2 Å². The van der Waals surface area contributed by atoms with Crippen LogP contribution >= 0.6 is 0 Å². The van der Waals surface area contributed by atoms with Crippen LogP contribution in [0.15, 0.2) is 53.3 Å². The van der Waals surface area contributed by atoms with Crippen molar-refractivity contribution < 1.29 is 4.74 Å². The molecule has 0 saturated heterocycles. The van der Waals surface area contributed by atoms with Gasteiger partial charge in [0.05, 0.1) is 11.9 Å². The number of ether oxygens (including phenoxy) is 1. The summed E-state index contributed by atoms with van der Waals surface area (Å²) in [7, 11) is 0. The molecule has 0 radical (unpaired) electrons. The standard InChI is InChI=1S/C19H21N3O2/c1-19(2,3)14-8-10-15(11-9-14)24-13-12-22-18(23)16-6-4-5-7-17(16)20-21-22/h4-11H,12-13H2,1-3H3. The quantitative estimate of drug-likeness (QED) is 0.740. The summed E-state index contributed by atoms with van der Waals surface area (Å²) in [6.07, 6.45) is 0. The van der Waals surface area contributed by atoms with Crippen LogP contribution in [-0.4, -0.2) is 21.6 Å². The number of fused-ring (bicyclic) bond motifs is 1. The van der Waals surface area contributed by atoms with E-state index in [9.17, 15) is 4.79 Å². The second kappa shape index (κ2) is 6.43. The van der Waals surface area contributed by atoms with Crippen molar-refractivity contribution in [1.82, 2.24) is 15.0 Å². The van der Waals surface area contributed by atoms with Gasteiger partial charge < -0.3 is 4.74 Å². The molecular weight excluding hydrogens is 302 g/mol. The largest absolute Gasteiger partial charge is 0.492 e. The predicted molar refractivity (Wildman–Crippen MR) is 94.4 cm³/mol. The van der Waals surface area contributed by atoms with E-state index in [2.05, 4.69) is 43.2 Å². The molecule has 0 amide bonds. The minimum atomic E-state index is -0.146. The molecule has 0 bridgehead atoms. The van der Waals surface area contributed by atoms with Gasteiger partial charge in [-0.2, -0.15) is 0 Å². The Kier molecular flexibility index (Phi) is 4.34. The third-order valence-corrected chi connectivity index (χ3v) is 3.92. The minimum absolute atomic E-state index is 0.118. The van der Waals surface area contributed by atoms with Crippen LogP contribution in [0.1, 0.15) is 26.3 Å². The zero-order valence-corrected chi connectivity index (χ0v) is 14.2. The first-order valence-electron chi connectivity index (χ1n) is 8.01. The van der Waals surface area contributed by atoms with Gasteiger partial charge in [0.2, 0.25) is 0 Å². The van der Waals surface area contributed by atoms with Crippen molar-refractivity contribution >= 4 is 10.9 Å². The van der Waals surface area contributed by atoms with Crippen LogP contribution in [0.3, 0.4) is 0 Å². The van der Waals surface area contributed by atoms with Gasteiger partial charge in [-0.05, 0) is 35.2 Å². The lowest BCUT2D eigenvalue weighted by molar-refractivity contribution is 0.285. The molecule has 0 N–H and O–H groups in total. The summed E-state index contributed by atoms with van der Waals surface area (Å²) in [4.78, 5) is 12.3. The van der Waals surface area contributed by atoms with E-state index in [0.29, 0.717) is 24.1 Å². The highest BCUT2D eigenvalue weighted by molar-refractivity contribution is 5.76. The highest BCUT2D eigenvalue weighted by Gasteiger charge is 2.13. The van der Waals surface area contributed by atoms with Crippen molar-refractivity contribution in [3.63, 3.8) is 0 Å². The molecule has 0 fully saturated rings. The molecule has 0 aliphatic heterocycles. The zero-order valence-electron chi connectivity index (χ0n) is 14.2. The topological polar surface area (TPSA) is 57.0 Å². The van der Waals surface area contributed by atoms with E-state index < -0.39 is 0 Å². The van der Waals surface area contributed by atoms with Crippen molar-refractivity contribution in [2.45, 2.75) is 32.7 Å². The summed E-state index contributed by atoms with van der Waals surface area (Å²) in [5, 5.41) is 8.59. The third-order valence-electron chi connectivity index (χ3n) is 3.92. The lowest BCUT2D eigenvalue weighted by Gasteiger charge is -2.19. The average molecular weight is 323 g/mol. The molecule has 3 rings (SSSR count). The maximum absolute atomic E-state index is 12.3. The van der Waals surface area contributed by atoms with Crippen molar-refractivity contribution in [3.05, 3.63) is 64.4 Å². The van der Waals surface area contributed by atoms with Gasteiger partial charge in [0.1, 0.15) is 17.9 Å². The highest BCUT2D eigenvalue weighted by Crippen LogP contribution is 2.24. The van der Waals surface area contributed by atoms with Crippen molar-refractivity contribution in [2.75, 3.05) is 6.61 Å². The lowest BCUT2D eigenvalue weighted by atomic mass is 9.87. The molecule has 0 aliphatic rings. The SMILES string of the molecule is CC(C)(C)c1ccc(OCCn2nnc3ccccc3c2=O)cc1. The molecule has 24 heavy (non-hydrogen) atoms. The van der Waals surface area contributed by atoms with E-state index >= 15 is 0 Å². The molecule has 1 aromatic heterocycles. The number of hydrogen-bond acceptors (Lipinski definition) is 4. The minimum Gasteiger partial charge on any atom is -0.492 e. The average Bonchev–Trinajstić information content (AvgIpc) is 2.57. The van der Waals surface area contributed by atoms with Crippen molar-refractivity contribution in [3.8, 4) is 5.75 Å². The van der Waals surface area contributed by atoms with Crippen LogP contribution in [0, 0.1) is 0 Å². The number of hydrogen-bond donors (Lipinski definition) is 0. The summed E-state index contributed by atoms with van der Waals surface area (Å²) >= 11 is 0. The van der Waals surface area contributed by atoms with Crippen LogP contribution in [0.25, 0.3) is 10.9 Å².